The zero-order chi connectivity index (χ0) is 17.3. The van der Waals surface area contributed by atoms with Crippen LogP contribution in [0, 0.1) is 5.82 Å². The summed E-state index contributed by atoms with van der Waals surface area (Å²) in [7, 11) is -2.39. The van der Waals surface area contributed by atoms with Crippen LogP contribution in [-0.2, 0) is 19.6 Å². The van der Waals surface area contributed by atoms with Gasteiger partial charge in [0.25, 0.3) is 0 Å². The Morgan fingerprint density at radius 1 is 1.26 bits per heavy atom. The maximum Gasteiger partial charge on any atom is 0.242 e. The molecule has 1 aromatic carbocycles. The summed E-state index contributed by atoms with van der Waals surface area (Å²) in [6.45, 7) is 2.64. The fourth-order valence-corrected chi connectivity index (χ4v) is 3.00. The highest BCUT2D eigenvalue weighted by Gasteiger charge is 2.19. The summed E-state index contributed by atoms with van der Waals surface area (Å²) in [5.41, 5.74) is 0.305. The molecule has 1 rings (SSSR count). The molecule has 0 bridgehead atoms. The zero-order valence-corrected chi connectivity index (χ0v) is 14.0. The molecular formula is C14H22FN3O4S. The molecule has 1 amide bonds. The average Bonchev–Trinajstić information content (AvgIpc) is 2.48. The number of rotatable bonds is 10. The average molecular weight is 347 g/mol. The second-order valence-corrected chi connectivity index (χ2v) is 6.53. The van der Waals surface area contributed by atoms with Crippen molar-refractivity contribution < 1.29 is 22.3 Å². The number of amides is 1. The summed E-state index contributed by atoms with van der Waals surface area (Å²) in [4.78, 5) is 10.6. The first-order chi connectivity index (χ1) is 10.9. The molecule has 9 heteroatoms. The van der Waals surface area contributed by atoms with Gasteiger partial charge in [0.15, 0.2) is 0 Å². The molecular weight excluding hydrogens is 325 g/mol. The van der Waals surface area contributed by atoms with Gasteiger partial charge in [0.1, 0.15) is 10.7 Å². The van der Waals surface area contributed by atoms with Crippen molar-refractivity contribution in [3.05, 3.63) is 24.0 Å². The van der Waals surface area contributed by atoms with E-state index < -0.39 is 15.8 Å². The second-order valence-electron chi connectivity index (χ2n) is 4.79. The molecule has 3 N–H and O–H groups in total. The van der Waals surface area contributed by atoms with Crippen molar-refractivity contribution >= 4 is 21.6 Å². The first-order valence-electron chi connectivity index (χ1n) is 7.13. The van der Waals surface area contributed by atoms with Gasteiger partial charge in [0, 0.05) is 33.7 Å². The number of hydrogen-bond donors (Lipinski definition) is 3. The first-order valence-corrected chi connectivity index (χ1v) is 8.61. The smallest absolute Gasteiger partial charge is 0.242 e. The van der Waals surface area contributed by atoms with Gasteiger partial charge >= 0.3 is 0 Å². The van der Waals surface area contributed by atoms with Crippen molar-refractivity contribution in [3.8, 4) is 0 Å². The van der Waals surface area contributed by atoms with Crippen molar-refractivity contribution in [3.63, 3.8) is 0 Å². The molecule has 0 aliphatic heterocycles. The molecule has 0 aliphatic rings. The monoisotopic (exact) mass is 347 g/mol. The van der Waals surface area contributed by atoms with Gasteiger partial charge in [0.2, 0.25) is 15.9 Å². The maximum absolute atomic E-state index is 13.4. The number of carbonyl (C=O) groups excluding carboxylic acids is 1. The minimum Gasteiger partial charge on any atom is -0.384 e. The third-order valence-electron chi connectivity index (χ3n) is 2.87. The van der Waals surface area contributed by atoms with E-state index >= 15 is 0 Å². The van der Waals surface area contributed by atoms with Crippen molar-refractivity contribution in [1.82, 2.24) is 10.0 Å². The predicted molar refractivity (Wildman–Crippen MR) is 85.3 cm³/mol. The topological polar surface area (TPSA) is 96.5 Å². The number of hydrogen-bond acceptors (Lipinski definition) is 5. The van der Waals surface area contributed by atoms with Crippen LogP contribution in [0.2, 0.25) is 0 Å². The van der Waals surface area contributed by atoms with E-state index in [4.69, 9.17) is 4.74 Å². The fourth-order valence-electron chi connectivity index (χ4n) is 1.80. The molecule has 0 fully saturated rings. The van der Waals surface area contributed by atoms with Gasteiger partial charge < -0.3 is 15.4 Å². The maximum atomic E-state index is 13.4. The number of methoxy groups -OCH3 is 1. The standard InChI is InChI=1S/C14H22FN3O4S/c1-11(19)16-6-3-7-17-13-5-4-12(15)10-14(13)23(20,21)18-8-9-22-2/h4-5,10,17-18H,3,6-9H2,1-2H3,(H,16,19). The van der Waals surface area contributed by atoms with Crippen molar-refractivity contribution in [2.45, 2.75) is 18.2 Å². The Kier molecular flexibility index (Phi) is 7.93. The summed E-state index contributed by atoms with van der Waals surface area (Å²) in [5.74, 6) is -0.765. The van der Waals surface area contributed by atoms with E-state index in [2.05, 4.69) is 15.4 Å². The van der Waals surface area contributed by atoms with E-state index in [1.54, 1.807) is 0 Å². The van der Waals surface area contributed by atoms with Crippen LogP contribution in [0.5, 0.6) is 0 Å². The Balaban J connectivity index is 2.74. The Hall–Kier alpha value is -1.71. The van der Waals surface area contributed by atoms with Gasteiger partial charge in [-0.15, -0.1) is 0 Å². The lowest BCUT2D eigenvalue weighted by atomic mass is 10.3. The molecule has 0 unspecified atom stereocenters. The van der Waals surface area contributed by atoms with Gasteiger partial charge in [-0.2, -0.15) is 0 Å². The Morgan fingerprint density at radius 2 is 2.00 bits per heavy atom. The van der Waals surface area contributed by atoms with Crippen molar-refractivity contribution in [2.75, 3.05) is 38.7 Å². The number of benzene rings is 1. The van der Waals surface area contributed by atoms with Crippen LogP contribution in [0.1, 0.15) is 13.3 Å². The van der Waals surface area contributed by atoms with E-state index in [0.29, 0.717) is 25.2 Å². The Morgan fingerprint density at radius 3 is 2.65 bits per heavy atom. The minimum absolute atomic E-state index is 0.0946. The predicted octanol–water partition coefficient (Wildman–Crippen LogP) is 0.688. The third kappa shape index (κ3) is 6.93. The number of nitrogens with one attached hydrogen (secondary N) is 3. The number of ether oxygens (including phenoxy) is 1. The van der Waals surface area contributed by atoms with Crippen molar-refractivity contribution in [1.29, 1.82) is 0 Å². The first kappa shape index (κ1) is 19.3. The largest absolute Gasteiger partial charge is 0.384 e. The van der Waals surface area contributed by atoms with Gasteiger partial charge in [-0.25, -0.2) is 17.5 Å². The summed E-state index contributed by atoms with van der Waals surface area (Å²) in [6, 6.07) is 3.52. The second kappa shape index (κ2) is 9.43. The Bertz CT molecular complexity index is 622. The molecule has 7 nitrogen and oxygen atoms in total. The van der Waals surface area contributed by atoms with Gasteiger partial charge in [0.05, 0.1) is 12.3 Å². The summed E-state index contributed by atoms with van der Waals surface area (Å²) >= 11 is 0. The molecule has 130 valence electrons. The highest BCUT2D eigenvalue weighted by Crippen LogP contribution is 2.22. The molecule has 0 radical (unpaired) electrons. The lowest BCUT2D eigenvalue weighted by molar-refractivity contribution is -0.118. The van der Waals surface area contributed by atoms with Crippen LogP contribution in [0.3, 0.4) is 0 Å². The van der Waals surface area contributed by atoms with E-state index in [1.807, 2.05) is 0 Å². The fraction of sp³-hybridized carbons (Fsp3) is 0.500. The summed E-state index contributed by atoms with van der Waals surface area (Å²) in [5, 5.41) is 5.58. The molecule has 0 saturated carbocycles. The molecule has 0 aromatic heterocycles. The third-order valence-corrected chi connectivity index (χ3v) is 4.38. The summed E-state index contributed by atoms with van der Waals surface area (Å²) < 4.78 is 45.0. The van der Waals surface area contributed by atoms with E-state index in [0.717, 1.165) is 6.07 Å². The number of halogens is 1. The van der Waals surface area contributed by atoms with E-state index in [-0.39, 0.29) is 24.0 Å². The molecule has 0 atom stereocenters. The lowest BCUT2D eigenvalue weighted by Crippen LogP contribution is -2.28. The number of anilines is 1. The van der Waals surface area contributed by atoms with Crippen LogP contribution >= 0.6 is 0 Å². The molecule has 0 saturated heterocycles. The zero-order valence-electron chi connectivity index (χ0n) is 13.2. The SMILES string of the molecule is COCCNS(=O)(=O)c1cc(F)ccc1NCCCNC(C)=O. The van der Waals surface area contributed by atoms with Gasteiger partial charge in [-0.05, 0) is 24.6 Å². The quantitative estimate of drug-likeness (QED) is 0.541. The molecule has 0 spiro atoms. The van der Waals surface area contributed by atoms with Gasteiger partial charge in [-0.1, -0.05) is 0 Å². The molecule has 0 aliphatic carbocycles. The highest BCUT2D eigenvalue weighted by atomic mass is 32.2. The van der Waals surface area contributed by atoms with Crippen LogP contribution in [-0.4, -0.2) is 47.7 Å². The summed E-state index contributed by atoms with van der Waals surface area (Å²) in [6.07, 6.45) is 0.605. The minimum atomic E-state index is -3.84. The lowest BCUT2D eigenvalue weighted by Gasteiger charge is -2.13. The molecule has 23 heavy (non-hydrogen) atoms. The van der Waals surface area contributed by atoms with Crippen LogP contribution < -0.4 is 15.4 Å². The van der Waals surface area contributed by atoms with Crippen molar-refractivity contribution in [2.24, 2.45) is 0 Å². The van der Waals surface area contributed by atoms with Crippen LogP contribution in [0.15, 0.2) is 23.1 Å². The van der Waals surface area contributed by atoms with E-state index in [9.17, 15) is 17.6 Å². The molecule has 0 heterocycles. The van der Waals surface area contributed by atoms with Gasteiger partial charge in [-0.3, -0.25) is 4.79 Å². The normalized spacial score (nSPS) is 11.3. The Labute approximate surface area is 135 Å². The number of carbonyl (C=O) groups is 1. The molecule has 1 aromatic rings. The number of sulfonamides is 1. The van der Waals surface area contributed by atoms with Crippen LogP contribution in [0.25, 0.3) is 0 Å². The highest BCUT2D eigenvalue weighted by molar-refractivity contribution is 7.89. The van der Waals surface area contributed by atoms with Crippen LogP contribution in [0.4, 0.5) is 10.1 Å². The van der Waals surface area contributed by atoms with E-state index in [1.165, 1.54) is 26.2 Å².